The minimum atomic E-state index is 0.0531. The molecule has 126 valence electrons. The predicted octanol–water partition coefficient (Wildman–Crippen LogP) is 1.88. The van der Waals surface area contributed by atoms with Gasteiger partial charge in [-0.1, -0.05) is 42.5 Å². The van der Waals surface area contributed by atoms with E-state index in [0.717, 1.165) is 31.1 Å². The number of fused-ring (bicyclic) bond motifs is 1. The highest BCUT2D eigenvalue weighted by molar-refractivity contribution is 5.40. The van der Waals surface area contributed by atoms with Gasteiger partial charge in [0.25, 0.3) is 0 Å². The molecule has 0 radical (unpaired) electrons. The van der Waals surface area contributed by atoms with Gasteiger partial charge in [0.2, 0.25) is 0 Å². The Morgan fingerprint density at radius 3 is 2.62 bits per heavy atom. The number of rotatable bonds is 5. The van der Waals surface area contributed by atoms with E-state index in [1.54, 1.807) is 0 Å². The molecule has 0 amide bonds. The zero-order valence-electron chi connectivity index (χ0n) is 13.6. The van der Waals surface area contributed by atoms with Crippen molar-refractivity contribution in [1.82, 2.24) is 16.2 Å². The van der Waals surface area contributed by atoms with Crippen LogP contribution in [0.5, 0.6) is 11.5 Å². The van der Waals surface area contributed by atoms with E-state index in [1.165, 1.54) is 5.56 Å². The summed E-state index contributed by atoms with van der Waals surface area (Å²) in [6, 6.07) is 18.7. The molecule has 0 spiro atoms. The molecule has 3 N–H and O–H groups in total. The molecule has 3 unspecified atom stereocenters. The van der Waals surface area contributed by atoms with E-state index in [4.69, 9.17) is 9.47 Å². The average Bonchev–Trinajstić information content (AvgIpc) is 3.11. The Morgan fingerprint density at radius 2 is 1.75 bits per heavy atom. The Kier molecular flexibility index (Phi) is 4.64. The Labute approximate surface area is 142 Å². The Morgan fingerprint density at radius 1 is 0.958 bits per heavy atom. The van der Waals surface area contributed by atoms with Crippen molar-refractivity contribution in [3.63, 3.8) is 0 Å². The lowest BCUT2D eigenvalue weighted by Crippen LogP contribution is -2.40. The SMILES string of the molecule is c1ccc(C2NNCC2CNCC2COc3ccccc3O2)cc1. The highest BCUT2D eigenvalue weighted by Crippen LogP contribution is 2.30. The smallest absolute Gasteiger partial charge is 0.161 e. The molecule has 1 saturated heterocycles. The highest BCUT2D eigenvalue weighted by atomic mass is 16.6. The molecular weight excluding hydrogens is 302 g/mol. The van der Waals surface area contributed by atoms with Crippen LogP contribution in [0.3, 0.4) is 0 Å². The van der Waals surface area contributed by atoms with E-state index < -0.39 is 0 Å². The maximum absolute atomic E-state index is 5.99. The minimum absolute atomic E-state index is 0.0531. The van der Waals surface area contributed by atoms with Crippen molar-refractivity contribution in [3.8, 4) is 11.5 Å². The third-order valence-corrected chi connectivity index (χ3v) is 4.60. The van der Waals surface area contributed by atoms with E-state index in [9.17, 15) is 0 Å². The first-order valence-corrected chi connectivity index (χ1v) is 8.52. The highest BCUT2D eigenvalue weighted by Gasteiger charge is 2.28. The van der Waals surface area contributed by atoms with E-state index in [1.807, 2.05) is 24.3 Å². The first-order valence-electron chi connectivity index (χ1n) is 8.52. The molecule has 0 bridgehead atoms. The quantitative estimate of drug-likeness (QED) is 0.784. The lowest BCUT2D eigenvalue weighted by molar-refractivity contribution is 0.0896. The summed E-state index contributed by atoms with van der Waals surface area (Å²) in [4.78, 5) is 0. The molecule has 0 saturated carbocycles. The summed E-state index contributed by atoms with van der Waals surface area (Å²) in [5, 5.41) is 3.54. The summed E-state index contributed by atoms with van der Waals surface area (Å²) in [5.41, 5.74) is 7.97. The Hall–Kier alpha value is -2.08. The molecular formula is C19H23N3O2. The summed E-state index contributed by atoms with van der Waals surface area (Å²) in [6.07, 6.45) is 0.0531. The van der Waals surface area contributed by atoms with Gasteiger partial charge in [-0.15, -0.1) is 0 Å². The summed E-state index contributed by atoms with van der Waals surface area (Å²) < 4.78 is 11.7. The first kappa shape index (κ1) is 15.4. The number of benzene rings is 2. The van der Waals surface area contributed by atoms with Crippen LogP contribution in [0.25, 0.3) is 0 Å². The lowest BCUT2D eigenvalue weighted by Gasteiger charge is -2.27. The van der Waals surface area contributed by atoms with E-state index in [0.29, 0.717) is 18.6 Å². The molecule has 3 atom stereocenters. The minimum Gasteiger partial charge on any atom is -0.486 e. The summed E-state index contributed by atoms with van der Waals surface area (Å²) in [6.45, 7) is 3.26. The van der Waals surface area contributed by atoms with Gasteiger partial charge < -0.3 is 14.8 Å². The number of para-hydroxylation sites is 2. The molecule has 2 aromatic rings. The monoisotopic (exact) mass is 325 g/mol. The van der Waals surface area contributed by atoms with Crippen molar-refractivity contribution in [2.24, 2.45) is 5.92 Å². The number of ether oxygens (including phenoxy) is 2. The first-order chi connectivity index (χ1) is 11.9. The average molecular weight is 325 g/mol. The van der Waals surface area contributed by atoms with Gasteiger partial charge in [-0.05, 0) is 17.7 Å². The van der Waals surface area contributed by atoms with Crippen LogP contribution in [-0.4, -0.2) is 32.3 Å². The van der Waals surface area contributed by atoms with Crippen LogP contribution in [0.4, 0.5) is 0 Å². The fourth-order valence-electron chi connectivity index (χ4n) is 3.33. The molecule has 2 aromatic carbocycles. The van der Waals surface area contributed by atoms with Gasteiger partial charge >= 0.3 is 0 Å². The van der Waals surface area contributed by atoms with Crippen molar-refractivity contribution in [2.45, 2.75) is 12.1 Å². The Balaban J connectivity index is 1.28. The van der Waals surface area contributed by atoms with Crippen LogP contribution in [0.1, 0.15) is 11.6 Å². The fraction of sp³-hybridized carbons (Fsp3) is 0.368. The van der Waals surface area contributed by atoms with Gasteiger partial charge in [-0.25, -0.2) is 5.43 Å². The third kappa shape index (κ3) is 3.38. The topological polar surface area (TPSA) is 54.5 Å². The van der Waals surface area contributed by atoms with Gasteiger partial charge in [0, 0.05) is 25.6 Å². The van der Waals surface area contributed by atoms with Crippen molar-refractivity contribution in [3.05, 3.63) is 60.2 Å². The van der Waals surface area contributed by atoms with Crippen LogP contribution >= 0.6 is 0 Å². The summed E-state index contributed by atoms with van der Waals surface area (Å²) in [7, 11) is 0. The molecule has 4 rings (SSSR count). The molecule has 1 fully saturated rings. The zero-order valence-corrected chi connectivity index (χ0v) is 13.6. The maximum atomic E-state index is 5.99. The van der Waals surface area contributed by atoms with Crippen LogP contribution < -0.4 is 25.6 Å². The number of hydrogen-bond donors (Lipinski definition) is 3. The normalized spacial score (nSPS) is 25.6. The number of nitrogens with one attached hydrogen (secondary N) is 3. The van der Waals surface area contributed by atoms with Crippen LogP contribution in [0.2, 0.25) is 0 Å². The van der Waals surface area contributed by atoms with E-state index in [2.05, 4.69) is 46.5 Å². The molecule has 2 aliphatic rings. The van der Waals surface area contributed by atoms with Gasteiger partial charge in [0.15, 0.2) is 11.5 Å². The second kappa shape index (κ2) is 7.21. The molecule has 5 nitrogen and oxygen atoms in total. The zero-order chi connectivity index (χ0) is 16.2. The number of hydrazine groups is 1. The standard InChI is InChI=1S/C19H23N3O2/c1-2-6-14(7-3-1)19-15(11-21-22-19)10-20-12-16-13-23-17-8-4-5-9-18(17)24-16/h1-9,15-16,19-22H,10-13H2. The van der Waals surface area contributed by atoms with E-state index >= 15 is 0 Å². The molecule has 2 aliphatic heterocycles. The molecule has 0 aromatic heterocycles. The second-order valence-corrected chi connectivity index (χ2v) is 6.33. The lowest BCUT2D eigenvalue weighted by atomic mass is 9.95. The van der Waals surface area contributed by atoms with Crippen LogP contribution in [0.15, 0.2) is 54.6 Å². The predicted molar refractivity (Wildman–Crippen MR) is 93.0 cm³/mol. The van der Waals surface area contributed by atoms with Crippen molar-refractivity contribution >= 4 is 0 Å². The van der Waals surface area contributed by atoms with E-state index in [-0.39, 0.29) is 6.10 Å². The molecule has 2 heterocycles. The molecule has 24 heavy (non-hydrogen) atoms. The largest absolute Gasteiger partial charge is 0.486 e. The second-order valence-electron chi connectivity index (χ2n) is 6.33. The van der Waals surface area contributed by atoms with Crippen LogP contribution in [0, 0.1) is 5.92 Å². The van der Waals surface area contributed by atoms with Crippen molar-refractivity contribution < 1.29 is 9.47 Å². The third-order valence-electron chi connectivity index (χ3n) is 4.60. The summed E-state index contributed by atoms with van der Waals surface area (Å²) >= 11 is 0. The Bertz CT molecular complexity index is 665. The van der Waals surface area contributed by atoms with Crippen molar-refractivity contribution in [2.75, 3.05) is 26.2 Å². The van der Waals surface area contributed by atoms with Gasteiger partial charge in [-0.3, -0.25) is 5.43 Å². The van der Waals surface area contributed by atoms with Gasteiger partial charge in [0.05, 0.1) is 6.04 Å². The van der Waals surface area contributed by atoms with Crippen molar-refractivity contribution in [1.29, 1.82) is 0 Å². The fourth-order valence-corrected chi connectivity index (χ4v) is 3.33. The number of hydrogen-bond acceptors (Lipinski definition) is 5. The molecule has 5 heteroatoms. The van der Waals surface area contributed by atoms with Gasteiger partial charge in [0.1, 0.15) is 12.7 Å². The van der Waals surface area contributed by atoms with Crippen LogP contribution in [-0.2, 0) is 0 Å². The van der Waals surface area contributed by atoms with Gasteiger partial charge in [-0.2, -0.15) is 0 Å². The molecule has 0 aliphatic carbocycles. The maximum Gasteiger partial charge on any atom is 0.161 e. The summed E-state index contributed by atoms with van der Waals surface area (Å²) in [5.74, 6) is 2.17.